The highest BCUT2D eigenvalue weighted by Crippen LogP contribution is 2.16. The SMILES string of the molecule is Cc1cc(C)cc(NC(=O)c2cccc(C(=O)N3CCOCC3)c2)c1. The summed E-state index contributed by atoms with van der Waals surface area (Å²) < 4.78 is 5.28. The van der Waals surface area contributed by atoms with E-state index in [0.29, 0.717) is 37.4 Å². The maximum Gasteiger partial charge on any atom is 0.255 e. The number of hydrogen-bond donors (Lipinski definition) is 1. The monoisotopic (exact) mass is 338 g/mol. The lowest BCUT2D eigenvalue weighted by atomic mass is 10.1. The van der Waals surface area contributed by atoms with E-state index in [1.54, 1.807) is 29.2 Å². The normalized spacial score (nSPS) is 14.2. The molecule has 1 aliphatic heterocycles. The molecule has 1 N–H and O–H groups in total. The number of carbonyl (C=O) groups is 2. The van der Waals surface area contributed by atoms with Crippen LogP contribution >= 0.6 is 0 Å². The summed E-state index contributed by atoms with van der Waals surface area (Å²) in [5.41, 5.74) is 3.93. The highest BCUT2D eigenvalue weighted by atomic mass is 16.5. The molecule has 0 radical (unpaired) electrons. The summed E-state index contributed by atoms with van der Waals surface area (Å²) in [6, 6.07) is 12.7. The van der Waals surface area contributed by atoms with E-state index in [1.807, 2.05) is 26.0 Å². The van der Waals surface area contributed by atoms with Gasteiger partial charge in [-0.25, -0.2) is 0 Å². The van der Waals surface area contributed by atoms with Crippen LogP contribution in [0.25, 0.3) is 0 Å². The average molecular weight is 338 g/mol. The van der Waals surface area contributed by atoms with Crippen molar-refractivity contribution in [3.63, 3.8) is 0 Å². The summed E-state index contributed by atoms with van der Waals surface area (Å²) in [5, 5.41) is 2.90. The molecule has 0 spiro atoms. The second-order valence-corrected chi connectivity index (χ2v) is 6.32. The zero-order chi connectivity index (χ0) is 17.8. The molecular formula is C20H22N2O3. The van der Waals surface area contributed by atoms with Crippen LogP contribution in [0.2, 0.25) is 0 Å². The number of morpholine rings is 1. The summed E-state index contributed by atoms with van der Waals surface area (Å²) in [6.45, 7) is 6.25. The number of rotatable bonds is 3. The molecule has 3 rings (SSSR count). The predicted octanol–water partition coefficient (Wildman–Crippen LogP) is 3.03. The van der Waals surface area contributed by atoms with E-state index in [9.17, 15) is 9.59 Å². The van der Waals surface area contributed by atoms with Gasteiger partial charge in [-0.05, 0) is 55.3 Å². The maximum absolute atomic E-state index is 12.6. The number of benzene rings is 2. The van der Waals surface area contributed by atoms with Crippen LogP contribution in [-0.4, -0.2) is 43.0 Å². The van der Waals surface area contributed by atoms with Crippen LogP contribution < -0.4 is 5.32 Å². The van der Waals surface area contributed by atoms with Crippen molar-refractivity contribution in [2.45, 2.75) is 13.8 Å². The van der Waals surface area contributed by atoms with E-state index in [-0.39, 0.29) is 11.8 Å². The summed E-state index contributed by atoms with van der Waals surface area (Å²) in [5.74, 6) is -0.286. The van der Waals surface area contributed by atoms with Crippen LogP contribution in [0.4, 0.5) is 5.69 Å². The van der Waals surface area contributed by atoms with Gasteiger partial charge in [-0.1, -0.05) is 12.1 Å². The van der Waals surface area contributed by atoms with Crippen molar-refractivity contribution in [2.24, 2.45) is 0 Å². The first-order valence-corrected chi connectivity index (χ1v) is 8.40. The number of anilines is 1. The Kier molecular flexibility index (Phi) is 5.14. The van der Waals surface area contributed by atoms with E-state index < -0.39 is 0 Å². The third-order valence-electron chi connectivity index (χ3n) is 4.15. The van der Waals surface area contributed by atoms with Crippen molar-refractivity contribution in [1.29, 1.82) is 0 Å². The first kappa shape index (κ1) is 17.2. The number of carbonyl (C=O) groups excluding carboxylic acids is 2. The van der Waals surface area contributed by atoms with Crippen molar-refractivity contribution in [3.8, 4) is 0 Å². The van der Waals surface area contributed by atoms with Crippen molar-refractivity contribution in [1.82, 2.24) is 4.90 Å². The lowest BCUT2D eigenvalue weighted by Crippen LogP contribution is -2.40. The Bertz CT molecular complexity index is 775. The zero-order valence-corrected chi connectivity index (χ0v) is 14.5. The van der Waals surface area contributed by atoms with E-state index in [2.05, 4.69) is 11.4 Å². The van der Waals surface area contributed by atoms with Crippen LogP contribution in [0, 0.1) is 13.8 Å². The first-order chi connectivity index (χ1) is 12.0. The molecule has 0 saturated carbocycles. The van der Waals surface area contributed by atoms with Crippen molar-refractivity contribution < 1.29 is 14.3 Å². The van der Waals surface area contributed by atoms with Gasteiger partial charge in [-0.15, -0.1) is 0 Å². The molecule has 2 amide bonds. The Morgan fingerprint density at radius 3 is 2.28 bits per heavy atom. The van der Waals surface area contributed by atoms with E-state index >= 15 is 0 Å². The quantitative estimate of drug-likeness (QED) is 0.936. The summed E-state index contributed by atoms with van der Waals surface area (Å²) >= 11 is 0. The minimum Gasteiger partial charge on any atom is -0.378 e. The summed E-state index contributed by atoms with van der Waals surface area (Å²) in [7, 11) is 0. The van der Waals surface area contributed by atoms with Crippen LogP contribution in [0.1, 0.15) is 31.8 Å². The number of amides is 2. The molecule has 130 valence electrons. The topological polar surface area (TPSA) is 58.6 Å². The second kappa shape index (κ2) is 7.49. The lowest BCUT2D eigenvalue weighted by Gasteiger charge is -2.27. The highest BCUT2D eigenvalue weighted by Gasteiger charge is 2.19. The lowest BCUT2D eigenvalue weighted by molar-refractivity contribution is 0.0303. The zero-order valence-electron chi connectivity index (χ0n) is 14.5. The van der Waals surface area contributed by atoms with Gasteiger partial charge in [0, 0.05) is 29.9 Å². The first-order valence-electron chi connectivity index (χ1n) is 8.40. The van der Waals surface area contributed by atoms with Gasteiger partial charge in [-0.2, -0.15) is 0 Å². The number of nitrogens with zero attached hydrogens (tertiary/aromatic N) is 1. The standard InChI is InChI=1S/C20H22N2O3/c1-14-10-15(2)12-18(11-14)21-19(23)16-4-3-5-17(13-16)20(24)22-6-8-25-9-7-22/h3-5,10-13H,6-9H2,1-2H3,(H,21,23). The molecule has 5 nitrogen and oxygen atoms in total. The molecule has 1 heterocycles. The molecule has 5 heteroatoms. The molecule has 25 heavy (non-hydrogen) atoms. The molecule has 0 unspecified atom stereocenters. The van der Waals surface area contributed by atoms with Gasteiger partial charge in [0.15, 0.2) is 0 Å². The smallest absolute Gasteiger partial charge is 0.255 e. The highest BCUT2D eigenvalue weighted by molar-refractivity contribution is 6.06. The van der Waals surface area contributed by atoms with E-state index in [1.165, 1.54) is 0 Å². The Hall–Kier alpha value is -2.66. The molecule has 1 fully saturated rings. The molecule has 0 atom stereocenters. The van der Waals surface area contributed by atoms with Crippen LogP contribution in [0.3, 0.4) is 0 Å². The number of hydrogen-bond acceptors (Lipinski definition) is 3. The number of nitrogens with one attached hydrogen (secondary N) is 1. The third kappa shape index (κ3) is 4.25. The number of aryl methyl sites for hydroxylation is 2. The minimum atomic E-state index is -0.221. The Balaban J connectivity index is 1.76. The fourth-order valence-electron chi connectivity index (χ4n) is 2.99. The third-order valence-corrected chi connectivity index (χ3v) is 4.15. The van der Waals surface area contributed by atoms with Gasteiger partial charge >= 0.3 is 0 Å². The minimum absolute atomic E-state index is 0.0654. The molecule has 1 saturated heterocycles. The fourth-order valence-corrected chi connectivity index (χ4v) is 2.99. The molecule has 0 bridgehead atoms. The summed E-state index contributed by atoms with van der Waals surface area (Å²) in [4.78, 5) is 26.8. The largest absolute Gasteiger partial charge is 0.378 e. The molecule has 2 aromatic rings. The summed E-state index contributed by atoms with van der Waals surface area (Å²) in [6.07, 6.45) is 0. The van der Waals surface area contributed by atoms with Crippen LogP contribution in [0.5, 0.6) is 0 Å². The molecule has 0 aliphatic carbocycles. The van der Waals surface area contributed by atoms with E-state index in [0.717, 1.165) is 16.8 Å². The van der Waals surface area contributed by atoms with E-state index in [4.69, 9.17) is 4.74 Å². The van der Waals surface area contributed by atoms with Crippen molar-refractivity contribution in [2.75, 3.05) is 31.6 Å². The van der Waals surface area contributed by atoms with Gasteiger partial charge in [0.2, 0.25) is 0 Å². The Morgan fingerprint density at radius 1 is 0.960 bits per heavy atom. The van der Waals surface area contributed by atoms with Gasteiger partial charge in [-0.3, -0.25) is 9.59 Å². The van der Waals surface area contributed by atoms with Crippen molar-refractivity contribution in [3.05, 3.63) is 64.7 Å². The van der Waals surface area contributed by atoms with Gasteiger partial charge in [0.1, 0.15) is 0 Å². The van der Waals surface area contributed by atoms with Gasteiger partial charge < -0.3 is 15.0 Å². The van der Waals surface area contributed by atoms with Crippen LogP contribution in [-0.2, 0) is 4.74 Å². The van der Waals surface area contributed by atoms with Gasteiger partial charge in [0.05, 0.1) is 13.2 Å². The predicted molar refractivity (Wildman–Crippen MR) is 97.0 cm³/mol. The average Bonchev–Trinajstić information content (AvgIpc) is 2.61. The molecule has 2 aromatic carbocycles. The molecule has 0 aromatic heterocycles. The van der Waals surface area contributed by atoms with Crippen molar-refractivity contribution >= 4 is 17.5 Å². The Morgan fingerprint density at radius 2 is 1.60 bits per heavy atom. The molecular weight excluding hydrogens is 316 g/mol. The molecule has 1 aliphatic rings. The number of ether oxygens (including phenoxy) is 1. The Labute approximate surface area is 147 Å². The van der Waals surface area contributed by atoms with Gasteiger partial charge in [0.25, 0.3) is 11.8 Å². The fraction of sp³-hybridized carbons (Fsp3) is 0.300. The second-order valence-electron chi connectivity index (χ2n) is 6.32. The van der Waals surface area contributed by atoms with Crippen LogP contribution in [0.15, 0.2) is 42.5 Å². The maximum atomic E-state index is 12.6.